The predicted molar refractivity (Wildman–Crippen MR) is 180 cm³/mol. The van der Waals surface area contributed by atoms with Crippen LogP contribution in [0.5, 0.6) is 0 Å². The molecule has 0 bridgehead atoms. The molecular weight excluding hydrogens is 520 g/mol. The van der Waals surface area contributed by atoms with Crippen molar-refractivity contribution < 1.29 is 0 Å². The molecule has 43 heavy (non-hydrogen) atoms. The van der Waals surface area contributed by atoms with Crippen molar-refractivity contribution in [1.29, 1.82) is 0 Å². The first-order valence-corrected chi connectivity index (χ1v) is 15.7. The maximum atomic E-state index is 4.62. The van der Waals surface area contributed by atoms with E-state index in [0.29, 0.717) is 17.8 Å². The number of nitrogens with one attached hydrogen (secondary N) is 1. The largest absolute Gasteiger partial charge is 0.381 e. The molecule has 8 rings (SSSR count). The van der Waals surface area contributed by atoms with Crippen LogP contribution in [0.4, 0.5) is 0 Å². The first-order chi connectivity index (χ1) is 21.2. The minimum atomic E-state index is 0.332. The Labute approximate surface area is 254 Å². The van der Waals surface area contributed by atoms with Crippen molar-refractivity contribution in [2.45, 2.75) is 26.2 Å². The van der Waals surface area contributed by atoms with Crippen molar-refractivity contribution in [3.8, 4) is 0 Å². The molecular formula is C41H36N2. The maximum absolute atomic E-state index is 4.62. The summed E-state index contributed by atoms with van der Waals surface area (Å²) >= 11 is 0. The van der Waals surface area contributed by atoms with Crippen LogP contribution in [0.3, 0.4) is 0 Å². The Morgan fingerprint density at radius 3 is 2.33 bits per heavy atom. The van der Waals surface area contributed by atoms with Gasteiger partial charge in [-0.25, -0.2) is 0 Å². The predicted octanol–water partition coefficient (Wildman–Crippen LogP) is 7.33. The van der Waals surface area contributed by atoms with Gasteiger partial charge in [-0.05, 0) is 92.3 Å². The fourth-order valence-corrected chi connectivity index (χ4v) is 7.70. The summed E-state index contributed by atoms with van der Waals surface area (Å²) in [5, 5.41) is 6.29. The lowest BCUT2D eigenvalue weighted by molar-refractivity contribution is 0.645. The Morgan fingerprint density at radius 2 is 1.51 bits per heavy atom. The number of aromatic nitrogens is 1. The van der Waals surface area contributed by atoms with Gasteiger partial charge in [-0.3, -0.25) is 4.98 Å². The Hall–Kier alpha value is -4.69. The summed E-state index contributed by atoms with van der Waals surface area (Å²) in [7, 11) is 0. The number of hydrogen-bond donors (Lipinski definition) is 1. The van der Waals surface area contributed by atoms with Gasteiger partial charge < -0.3 is 5.32 Å². The van der Waals surface area contributed by atoms with Crippen LogP contribution >= 0.6 is 0 Å². The molecule has 210 valence electrons. The van der Waals surface area contributed by atoms with Gasteiger partial charge in [0.25, 0.3) is 0 Å². The number of aryl methyl sites for hydroxylation is 1. The molecule has 0 saturated heterocycles. The van der Waals surface area contributed by atoms with Gasteiger partial charge in [0.05, 0.1) is 0 Å². The third kappa shape index (κ3) is 4.62. The van der Waals surface area contributed by atoms with Crippen LogP contribution in [0.1, 0.15) is 42.0 Å². The monoisotopic (exact) mass is 556 g/mol. The molecule has 2 aromatic carbocycles. The molecule has 2 heterocycles. The summed E-state index contributed by atoms with van der Waals surface area (Å²) in [6, 6.07) is 20.4. The highest BCUT2D eigenvalue weighted by Crippen LogP contribution is 2.46. The minimum absolute atomic E-state index is 0.332. The van der Waals surface area contributed by atoms with E-state index in [9.17, 15) is 0 Å². The lowest BCUT2D eigenvalue weighted by Crippen LogP contribution is -2.41. The van der Waals surface area contributed by atoms with Gasteiger partial charge in [-0.15, -0.1) is 0 Å². The molecule has 1 aromatic heterocycles. The van der Waals surface area contributed by atoms with Crippen LogP contribution < -0.4 is 15.8 Å². The number of fused-ring (bicyclic) bond motifs is 3. The molecule has 3 atom stereocenters. The zero-order chi connectivity index (χ0) is 28.8. The van der Waals surface area contributed by atoms with Gasteiger partial charge in [-0.1, -0.05) is 110 Å². The Morgan fingerprint density at radius 1 is 0.744 bits per heavy atom. The van der Waals surface area contributed by atoms with Crippen LogP contribution in [0.15, 0.2) is 133 Å². The van der Waals surface area contributed by atoms with E-state index in [1.54, 1.807) is 0 Å². The lowest BCUT2D eigenvalue weighted by atomic mass is 9.66. The van der Waals surface area contributed by atoms with Crippen LogP contribution in [0.2, 0.25) is 0 Å². The van der Waals surface area contributed by atoms with E-state index in [1.165, 1.54) is 55.0 Å². The van der Waals surface area contributed by atoms with E-state index in [-0.39, 0.29) is 0 Å². The Kier molecular flexibility index (Phi) is 6.56. The molecule has 1 N–H and O–H groups in total. The Balaban J connectivity index is 1.27. The smallest absolute Gasteiger partial charge is 0.0431 e. The van der Waals surface area contributed by atoms with Crippen molar-refractivity contribution in [3.05, 3.63) is 166 Å². The first kappa shape index (κ1) is 26.0. The molecule has 4 aliphatic carbocycles. The molecule has 2 heteroatoms. The number of dihydropyridines is 1. The van der Waals surface area contributed by atoms with E-state index in [2.05, 4.69) is 133 Å². The summed E-state index contributed by atoms with van der Waals surface area (Å²) in [4.78, 5) is 4.62. The van der Waals surface area contributed by atoms with Gasteiger partial charge >= 0.3 is 0 Å². The third-order valence-corrected chi connectivity index (χ3v) is 9.76. The van der Waals surface area contributed by atoms with E-state index in [0.717, 1.165) is 37.1 Å². The molecule has 0 radical (unpaired) electrons. The van der Waals surface area contributed by atoms with Crippen molar-refractivity contribution >= 4 is 28.5 Å². The number of benzene rings is 2. The summed E-state index contributed by atoms with van der Waals surface area (Å²) in [5.74, 6) is 1.08. The van der Waals surface area contributed by atoms with Crippen LogP contribution in [-0.4, -0.2) is 11.5 Å². The van der Waals surface area contributed by atoms with E-state index >= 15 is 0 Å². The quantitative estimate of drug-likeness (QED) is 0.364. The molecule has 0 saturated carbocycles. The standard InChI is InChI=1S/C41H36N2/c1-27-22-30(32-24-33(26-42-25-32)39-16-8-9-21-43-39)19-20-34(27)41-37-14-6-4-12-35(37)40(36-13-5-7-15-38(36)41)31-18-17-28-10-2-3-11-29(28)23-31/h2-16,19-20,23-27,35,37,43H,17-18,21-22H2,1H3. The second-order valence-electron chi connectivity index (χ2n) is 12.3. The molecule has 0 amide bonds. The second-order valence-corrected chi connectivity index (χ2v) is 12.3. The Bertz CT molecular complexity index is 1970. The molecule has 0 fully saturated rings. The van der Waals surface area contributed by atoms with Gasteiger partial charge in [0.15, 0.2) is 0 Å². The van der Waals surface area contributed by atoms with Crippen molar-refractivity contribution in [3.63, 3.8) is 0 Å². The maximum Gasteiger partial charge on any atom is 0.0431 e. The van der Waals surface area contributed by atoms with Crippen molar-refractivity contribution in [2.24, 2.45) is 17.8 Å². The van der Waals surface area contributed by atoms with Crippen molar-refractivity contribution in [2.75, 3.05) is 6.54 Å². The molecule has 0 spiro atoms. The minimum Gasteiger partial charge on any atom is -0.381 e. The molecule has 3 aromatic rings. The van der Waals surface area contributed by atoms with Gasteiger partial charge in [-0.2, -0.15) is 0 Å². The molecule has 5 aliphatic rings. The van der Waals surface area contributed by atoms with Crippen LogP contribution in [0, 0.1) is 17.8 Å². The van der Waals surface area contributed by atoms with Gasteiger partial charge in [0, 0.05) is 42.0 Å². The van der Waals surface area contributed by atoms with Crippen LogP contribution in [-0.2, 0) is 6.42 Å². The highest BCUT2D eigenvalue weighted by Gasteiger charge is 2.35. The SMILES string of the molecule is CC1CC(c2cncc(C3=CC=CCN3)c2)=CC=C1C1=c2ccccc2=C(C2=Cc3ccccc3CC2)C2C=CC=CC12. The number of pyridine rings is 1. The molecule has 1 aliphatic heterocycles. The number of allylic oxidation sites excluding steroid dienone is 11. The zero-order valence-electron chi connectivity index (χ0n) is 24.6. The zero-order valence-corrected chi connectivity index (χ0v) is 24.6. The first-order valence-electron chi connectivity index (χ1n) is 15.7. The number of rotatable bonds is 4. The highest BCUT2D eigenvalue weighted by atomic mass is 14.9. The molecule has 2 nitrogen and oxygen atoms in total. The number of hydrogen-bond acceptors (Lipinski definition) is 2. The van der Waals surface area contributed by atoms with Crippen LogP contribution in [0.25, 0.3) is 28.5 Å². The molecule has 3 unspecified atom stereocenters. The average Bonchev–Trinajstić information content (AvgIpc) is 3.07. The summed E-state index contributed by atoms with van der Waals surface area (Å²) < 4.78 is 0. The second kappa shape index (κ2) is 10.9. The topological polar surface area (TPSA) is 24.9 Å². The lowest BCUT2D eigenvalue weighted by Gasteiger charge is -2.37. The van der Waals surface area contributed by atoms with E-state index in [4.69, 9.17) is 0 Å². The van der Waals surface area contributed by atoms with E-state index in [1.807, 2.05) is 12.4 Å². The fourth-order valence-electron chi connectivity index (χ4n) is 7.70. The van der Waals surface area contributed by atoms with Gasteiger partial charge in [0.2, 0.25) is 0 Å². The summed E-state index contributed by atoms with van der Waals surface area (Å²) in [5.41, 5.74) is 13.7. The normalized spacial score (nSPS) is 23.7. The highest BCUT2D eigenvalue weighted by molar-refractivity contribution is 5.86. The van der Waals surface area contributed by atoms with Gasteiger partial charge in [0.1, 0.15) is 0 Å². The van der Waals surface area contributed by atoms with E-state index < -0.39 is 0 Å². The fraction of sp³-hybridized carbons (Fsp3) is 0.195. The summed E-state index contributed by atoms with van der Waals surface area (Å²) in [6.45, 7) is 3.26. The van der Waals surface area contributed by atoms with Crippen molar-refractivity contribution in [1.82, 2.24) is 10.3 Å². The third-order valence-electron chi connectivity index (χ3n) is 9.76. The number of nitrogens with zero attached hydrogens (tertiary/aromatic N) is 1. The summed E-state index contributed by atoms with van der Waals surface area (Å²) in [6.07, 6.45) is 30.2. The average molecular weight is 557 g/mol.